The predicted molar refractivity (Wildman–Crippen MR) is 50.8 cm³/mol. The Kier molecular flexibility index (Phi) is 1.96. The molecule has 0 aliphatic carbocycles. The molecule has 2 rings (SSSR count). The van der Waals surface area contributed by atoms with Crippen LogP contribution >= 0.6 is 0 Å². The van der Waals surface area contributed by atoms with E-state index >= 15 is 0 Å². The Morgan fingerprint density at radius 3 is 2.75 bits per heavy atom. The van der Waals surface area contributed by atoms with Crippen LogP contribution in [-0.4, -0.2) is 17.5 Å². The molecular weight excluding hydrogens is 146 g/mol. The summed E-state index contributed by atoms with van der Waals surface area (Å²) in [5, 5.41) is 0. The molecule has 1 nitrogen and oxygen atoms in total. The van der Waals surface area contributed by atoms with Gasteiger partial charge in [-0.25, -0.2) is 0 Å². The molecule has 0 radical (unpaired) electrons. The molecule has 0 aromatic heterocycles. The van der Waals surface area contributed by atoms with E-state index in [9.17, 15) is 0 Å². The van der Waals surface area contributed by atoms with Gasteiger partial charge in [-0.2, -0.15) is 0 Å². The third kappa shape index (κ3) is 1.56. The molecule has 1 aliphatic rings. The quantitative estimate of drug-likeness (QED) is 0.482. The standard InChI is InChI=1S/C11H13N/c1-2-11-9-12(11)8-10-6-4-3-5-7-10/h2-7,11H,1,8-9H2. The third-order valence-electron chi connectivity index (χ3n) is 2.26. The zero-order valence-corrected chi connectivity index (χ0v) is 7.11. The lowest BCUT2D eigenvalue weighted by atomic mass is 10.2. The minimum Gasteiger partial charge on any atom is -0.290 e. The maximum Gasteiger partial charge on any atom is 0.0407 e. The molecular formula is C11H13N. The fraction of sp³-hybridized carbons (Fsp3) is 0.273. The Bertz CT molecular complexity index is 266. The summed E-state index contributed by atoms with van der Waals surface area (Å²) in [4.78, 5) is 2.39. The summed E-state index contributed by atoms with van der Waals surface area (Å²) < 4.78 is 0. The molecule has 0 N–H and O–H groups in total. The molecule has 0 saturated carbocycles. The molecule has 1 heterocycles. The predicted octanol–water partition coefficient (Wildman–Crippen LogP) is 2.06. The van der Waals surface area contributed by atoms with Crippen molar-refractivity contribution in [1.82, 2.24) is 4.90 Å². The average molecular weight is 159 g/mol. The maximum atomic E-state index is 3.77. The normalized spacial score (nSPS) is 26.7. The van der Waals surface area contributed by atoms with E-state index < -0.39 is 0 Å². The lowest BCUT2D eigenvalue weighted by molar-refractivity contribution is 0.529. The first-order valence-electron chi connectivity index (χ1n) is 4.30. The molecule has 0 spiro atoms. The molecule has 62 valence electrons. The van der Waals surface area contributed by atoms with Crippen LogP contribution in [0.4, 0.5) is 0 Å². The van der Waals surface area contributed by atoms with Gasteiger partial charge in [-0.15, -0.1) is 6.58 Å². The van der Waals surface area contributed by atoms with Crippen LogP contribution in [0.3, 0.4) is 0 Å². The number of hydrogen-bond donors (Lipinski definition) is 0. The molecule has 0 amide bonds. The van der Waals surface area contributed by atoms with Gasteiger partial charge in [-0.1, -0.05) is 36.4 Å². The highest BCUT2D eigenvalue weighted by molar-refractivity contribution is 5.16. The van der Waals surface area contributed by atoms with Gasteiger partial charge >= 0.3 is 0 Å². The van der Waals surface area contributed by atoms with Gasteiger partial charge in [0.1, 0.15) is 0 Å². The van der Waals surface area contributed by atoms with Crippen molar-refractivity contribution in [3.05, 3.63) is 48.6 Å². The molecule has 1 aromatic carbocycles. The molecule has 0 bridgehead atoms. The first kappa shape index (κ1) is 7.56. The topological polar surface area (TPSA) is 3.01 Å². The van der Waals surface area contributed by atoms with E-state index in [1.807, 2.05) is 6.08 Å². The largest absolute Gasteiger partial charge is 0.290 e. The van der Waals surface area contributed by atoms with Crippen molar-refractivity contribution in [3.8, 4) is 0 Å². The zero-order chi connectivity index (χ0) is 8.39. The van der Waals surface area contributed by atoms with Crippen molar-refractivity contribution in [2.45, 2.75) is 12.6 Å². The SMILES string of the molecule is C=CC1CN1Cc1ccccc1. The number of hydrogen-bond acceptors (Lipinski definition) is 1. The number of rotatable bonds is 3. The lowest BCUT2D eigenvalue weighted by Gasteiger charge is -2.00. The summed E-state index contributed by atoms with van der Waals surface area (Å²) in [6.07, 6.45) is 2.02. The first-order chi connectivity index (χ1) is 5.90. The molecule has 2 unspecified atom stereocenters. The summed E-state index contributed by atoms with van der Waals surface area (Å²) in [6.45, 7) is 6.02. The second-order valence-electron chi connectivity index (χ2n) is 3.22. The Hall–Kier alpha value is -1.08. The van der Waals surface area contributed by atoms with Gasteiger partial charge in [0.25, 0.3) is 0 Å². The van der Waals surface area contributed by atoms with E-state index in [-0.39, 0.29) is 0 Å². The Morgan fingerprint density at radius 2 is 2.17 bits per heavy atom. The first-order valence-corrected chi connectivity index (χ1v) is 4.30. The molecule has 1 heteroatoms. The van der Waals surface area contributed by atoms with E-state index in [4.69, 9.17) is 0 Å². The average Bonchev–Trinajstić information content (AvgIpc) is 2.85. The zero-order valence-electron chi connectivity index (χ0n) is 7.11. The second kappa shape index (κ2) is 3.11. The van der Waals surface area contributed by atoms with Crippen molar-refractivity contribution in [1.29, 1.82) is 0 Å². The van der Waals surface area contributed by atoms with Crippen LogP contribution in [-0.2, 0) is 6.54 Å². The Morgan fingerprint density at radius 1 is 1.42 bits per heavy atom. The Balaban J connectivity index is 1.93. The van der Waals surface area contributed by atoms with Gasteiger partial charge in [0.2, 0.25) is 0 Å². The van der Waals surface area contributed by atoms with E-state index in [2.05, 4.69) is 41.8 Å². The highest BCUT2D eigenvalue weighted by Crippen LogP contribution is 2.20. The van der Waals surface area contributed by atoms with Crippen LogP contribution in [0.5, 0.6) is 0 Å². The molecule has 1 aliphatic heterocycles. The van der Waals surface area contributed by atoms with Gasteiger partial charge < -0.3 is 0 Å². The summed E-state index contributed by atoms with van der Waals surface area (Å²) in [5.74, 6) is 0. The van der Waals surface area contributed by atoms with E-state index in [1.54, 1.807) is 0 Å². The van der Waals surface area contributed by atoms with Gasteiger partial charge in [0, 0.05) is 19.1 Å². The molecule has 12 heavy (non-hydrogen) atoms. The second-order valence-corrected chi connectivity index (χ2v) is 3.22. The summed E-state index contributed by atoms with van der Waals surface area (Å²) in [7, 11) is 0. The number of benzene rings is 1. The highest BCUT2D eigenvalue weighted by atomic mass is 15.3. The Labute approximate surface area is 73.3 Å². The van der Waals surface area contributed by atoms with Crippen molar-refractivity contribution in [2.75, 3.05) is 6.54 Å². The molecule has 1 saturated heterocycles. The highest BCUT2D eigenvalue weighted by Gasteiger charge is 2.29. The molecule has 2 atom stereocenters. The number of nitrogens with zero attached hydrogens (tertiary/aromatic N) is 1. The lowest BCUT2D eigenvalue weighted by Crippen LogP contribution is -1.99. The van der Waals surface area contributed by atoms with Crippen LogP contribution in [0.25, 0.3) is 0 Å². The smallest absolute Gasteiger partial charge is 0.0407 e. The van der Waals surface area contributed by atoms with Crippen LogP contribution in [0.15, 0.2) is 43.0 Å². The van der Waals surface area contributed by atoms with Crippen molar-refractivity contribution in [3.63, 3.8) is 0 Å². The van der Waals surface area contributed by atoms with Crippen molar-refractivity contribution < 1.29 is 0 Å². The van der Waals surface area contributed by atoms with Crippen LogP contribution in [0.2, 0.25) is 0 Å². The van der Waals surface area contributed by atoms with Gasteiger partial charge in [-0.3, -0.25) is 4.90 Å². The fourth-order valence-corrected chi connectivity index (χ4v) is 1.42. The van der Waals surface area contributed by atoms with Crippen LogP contribution < -0.4 is 0 Å². The van der Waals surface area contributed by atoms with Crippen LogP contribution in [0.1, 0.15) is 5.56 Å². The minimum absolute atomic E-state index is 0.630. The fourth-order valence-electron chi connectivity index (χ4n) is 1.42. The maximum absolute atomic E-state index is 3.77. The molecule has 1 aromatic rings. The van der Waals surface area contributed by atoms with Gasteiger partial charge in [0.15, 0.2) is 0 Å². The minimum atomic E-state index is 0.630. The van der Waals surface area contributed by atoms with Crippen LogP contribution in [0, 0.1) is 0 Å². The van der Waals surface area contributed by atoms with Crippen molar-refractivity contribution >= 4 is 0 Å². The van der Waals surface area contributed by atoms with Crippen molar-refractivity contribution in [2.24, 2.45) is 0 Å². The summed E-state index contributed by atoms with van der Waals surface area (Å²) in [6, 6.07) is 11.2. The van der Waals surface area contributed by atoms with E-state index in [0.717, 1.165) is 6.54 Å². The summed E-state index contributed by atoms with van der Waals surface area (Å²) >= 11 is 0. The summed E-state index contributed by atoms with van der Waals surface area (Å²) in [5.41, 5.74) is 1.39. The third-order valence-corrected chi connectivity index (χ3v) is 2.26. The van der Waals surface area contributed by atoms with E-state index in [1.165, 1.54) is 12.1 Å². The monoisotopic (exact) mass is 159 g/mol. The van der Waals surface area contributed by atoms with E-state index in [0.29, 0.717) is 6.04 Å². The molecule has 1 fully saturated rings. The van der Waals surface area contributed by atoms with Gasteiger partial charge in [-0.05, 0) is 5.56 Å². The van der Waals surface area contributed by atoms with Gasteiger partial charge in [0.05, 0.1) is 0 Å².